The van der Waals surface area contributed by atoms with E-state index >= 15 is 0 Å². The maximum atomic E-state index is 12.2. The lowest BCUT2D eigenvalue weighted by Gasteiger charge is -2.08. The van der Waals surface area contributed by atoms with E-state index in [9.17, 15) is 9.59 Å². The molecule has 2 aromatic carbocycles. The molecule has 0 aromatic heterocycles. The smallest absolute Gasteiger partial charge is 0.315 e. The largest absolute Gasteiger partial charge is 0.494 e. The van der Waals surface area contributed by atoms with Gasteiger partial charge in [-0.2, -0.15) is 0 Å². The molecular formula is C19H21NO4S. The van der Waals surface area contributed by atoms with Crippen LogP contribution in [0.1, 0.15) is 22.8 Å². The number of carbonyl (C=O) groups is 2. The van der Waals surface area contributed by atoms with Gasteiger partial charge in [-0.3, -0.25) is 9.59 Å². The molecule has 0 fully saturated rings. The molecule has 0 radical (unpaired) electrons. The lowest BCUT2D eigenvalue weighted by molar-refractivity contribution is -0.137. The van der Waals surface area contributed by atoms with Crippen LogP contribution in [0, 0.1) is 0 Å². The number of hydrogen-bond donors (Lipinski definition) is 1. The van der Waals surface area contributed by atoms with Crippen molar-refractivity contribution in [3.63, 3.8) is 0 Å². The van der Waals surface area contributed by atoms with Crippen LogP contribution in [-0.4, -0.2) is 31.3 Å². The minimum atomic E-state index is -0.232. The summed E-state index contributed by atoms with van der Waals surface area (Å²) in [5, 5.41) is 2.86. The van der Waals surface area contributed by atoms with Crippen molar-refractivity contribution >= 4 is 29.3 Å². The first-order valence-corrected chi connectivity index (χ1v) is 9.05. The Kier molecular flexibility index (Phi) is 7.35. The Morgan fingerprint density at radius 1 is 1.04 bits per heavy atom. The molecule has 25 heavy (non-hydrogen) atoms. The summed E-state index contributed by atoms with van der Waals surface area (Å²) in [4.78, 5) is 23.3. The standard InChI is InChI=1S/C19H21NO4S/c1-3-24-17-10-6-15(7-11-17)19(22)20-16-8-4-14(5-9-16)12-25-13-18(21)23-2/h4-11H,3,12-13H2,1-2H3,(H,20,22). The maximum Gasteiger partial charge on any atom is 0.315 e. The fourth-order valence-corrected chi connectivity index (χ4v) is 2.88. The summed E-state index contributed by atoms with van der Waals surface area (Å²) in [7, 11) is 1.38. The van der Waals surface area contributed by atoms with Crippen molar-refractivity contribution in [2.45, 2.75) is 12.7 Å². The van der Waals surface area contributed by atoms with Crippen molar-refractivity contribution < 1.29 is 19.1 Å². The number of methoxy groups -OCH3 is 1. The van der Waals surface area contributed by atoms with E-state index in [2.05, 4.69) is 10.1 Å². The molecule has 0 atom stereocenters. The monoisotopic (exact) mass is 359 g/mol. The van der Waals surface area contributed by atoms with Crippen LogP contribution in [0.4, 0.5) is 5.69 Å². The van der Waals surface area contributed by atoms with Crippen LogP contribution in [0.5, 0.6) is 5.75 Å². The van der Waals surface area contributed by atoms with Crippen molar-refractivity contribution in [1.82, 2.24) is 0 Å². The van der Waals surface area contributed by atoms with Gasteiger partial charge in [0.2, 0.25) is 0 Å². The molecular weight excluding hydrogens is 338 g/mol. The van der Waals surface area contributed by atoms with Gasteiger partial charge in [0.15, 0.2) is 0 Å². The average Bonchev–Trinajstić information content (AvgIpc) is 2.64. The number of benzene rings is 2. The number of nitrogens with one attached hydrogen (secondary N) is 1. The number of hydrogen-bond acceptors (Lipinski definition) is 5. The molecule has 0 unspecified atom stereocenters. The van der Waals surface area contributed by atoms with Crippen molar-refractivity contribution in [2.24, 2.45) is 0 Å². The fraction of sp³-hybridized carbons (Fsp3) is 0.263. The van der Waals surface area contributed by atoms with Gasteiger partial charge < -0.3 is 14.8 Å². The normalized spacial score (nSPS) is 10.2. The van der Waals surface area contributed by atoms with Crippen LogP contribution >= 0.6 is 11.8 Å². The summed E-state index contributed by atoms with van der Waals surface area (Å²) >= 11 is 1.49. The quantitative estimate of drug-likeness (QED) is 0.727. The molecule has 132 valence electrons. The zero-order chi connectivity index (χ0) is 18.1. The fourth-order valence-electron chi connectivity index (χ4n) is 2.07. The van der Waals surface area contributed by atoms with Crippen LogP contribution in [0.2, 0.25) is 0 Å². The van der Waals surface area contributed by atoms with E-state index in [1.54, 1.807) is 24.3 Å². The van der Waals surface area contributed by atoms with Crippen molar-refractivity contribution in [3.8, 4) is 5.75 Å². The Balaban J connectivity index is 1.87. The number of carbonyl (C=O) groups excluding carboxylic acids is 2. The highest BCUT2D eigenvalue weighted by Gasteiger charge is 2.07. The summed E-state index contributed by atoms with van der Waals surface area (Å²) in [6.45, 7) is 2.51. The highest BCUT2D eigenvalue weighted by Crippen LogP contribution is 2.17. The molecule has 1 N–H and O–H groups in total. The van der Waals surface area contributed by atoms with Gasteiger partial charge in [0.05, 0.1) is 19.5 Å². The van der Waals surface area contributed by atoms with Gasteiger partial charge in [0.1, 0.15) is 5.75 Å². The molecule has 0 aliphatic heterocycles. The Labute approximate surface area is 151 Å². The van der Waals surface area contributed by atoms with E-state index in [4.69, 9.17) is 4.74 Å². The first kappa shape index (κ1) is 18.9. The summed E-state index contributed by atoms with van der Waals surface area (Å²) in [6.07, 6.45) is 0. The molecule has 0 bridgehead atoms. The zero-order valence-electron chi connectivity index (χ0n) is 14.3. The van der Waals surface area contributed by atoms with Crippen LogP contribution in [0.25, 0.3) is 0 Å². The number of esters is 1. The summed E-state index contributed by atoms with van der Waals surface area (Å²) in [5.41, 5.74) is 2.37. The lowest BCUT2D eigenvalue weighted by atomic mass is 10.2. The van der Waals surface area contributed by atoms with E-state index in [-0.39, 0.29) is 11.9 Å². The Hall–Kier alpha value is -2.47. The number of amides is 1. The molecule has 2 rings (SSSR count). The van der Waals surface area contributed by atoms with Gasteiger partial charge in [-0.25, -0.2) is 0 Å². The summed E-state index contributed by atoms with van der Waals surface area (Å²) < 4.78 is 9.96. The molecule has 0 heterocycles. The second-order valence-electron chi connectivity index (χ2n) is 5.18. The number of ether oxygens (including phenoxy) is 2. The highest BCUT2D eigenvalue weighted by atomic mass is 32.2. The van der Waals surface area contributed by atoms with Gasteiger partial charge in [-0.05, 0) is 48.9 Å². The predicted molar refractivity (Wildman–Crippen MR) is 100 cm³/mol. The zero-order valence-corrected chi connectivity index (χ0v) is 15.1. The third-order valence-corrected chi connectivity index (χ3v) is 4.33. The lowest BCUT2D eigenvalue weighted by Crippen LogP contribution is -2.11. The van der Waals surface area contributed by atoms with Crippen LogP contribution in [0.15, 0.2) is 48.5 Å². The van der Waals surface area contributed by atoms with E-state index < -0.39 is 0 Å². The summed E-state index contributed by atoms with van der Waals surface area (Å²) in [5.74, 6) is 1.38. The van der Waals surface area contributed by atoms with Gasteiger partial charge in [0, 0.05) is 17.0 Å². The van der Waals surface area contributed by atoms with E-state index in [0.29, 0.717) is 23.7 Å². The molecule has 0 spiro atoms. The van der Waals surface area contributed by atoms with Gasteiger partial charge in [0.25, 0.3) is 5.91 Å². The molecule has 6 heteroatoms. The van der Waals surface area contributed by atoms with Crippen LogP contribution in [-0.2, 0) is 15.3 Å². The minimum Gasteiger partial charge on any atom is -0.494 e. The first-order chi connectivity index (χ1) is 12.1. The SMILES string of the molecule is CCOc1ccc(C(=O)Nc2ccc(CSCC(=O)OC)cc2)cc1. The van der Waals surface area contributed by atoms with Crippen molar-refractivity contribution in [2.75, 3.05) is 24.8 Å². The Morgan fingerprint density at radius 3 is 2.32 bits per heavy atom. The number of thioether (sulfide) groups is 1. The van der Waals surface area contributed by atoms with Gasteiger partial charge >= 0.3 is 5.97 Å². The topological polar surface area (TPSA) is 64.6 Å². The van der Waals surface area contributed by atoms with Gasteiger partial charge in [-0.15, -0.1) is 11.8 Å². The molecule has 0 aliphatic carbocycles. The summed E-state index contributed by atoms with van der Waals surface area (Å²) in [6, 6.07) is 14.6. The predicted octanol–water partition coefficient (Wildman–Crippen LogP) is 3.74. The second-order valence-corrected chi connectivity index (χ2v) is 6.16. The van der Waals surface area contributed by atoms with E-state index in [1.165, 1.54) is 18.9 Å². The molecule has 0 saturated carbocycles. The van der Waals surface area contributed by atoms with Gasteiger partial charge in [-0.1, -0.05) is 12.1 Å². The highest BCUT2D eigenvalue weighted by molar-refractivity contribution is 7.99. The van der Waals surface area contributed by atoms with Crippen LogP contribution in [0.3, 0.4) is 0 Å². The molecule has 0 aliphatic rings. The van der Waals surface area contributed by atoms with E-state index in [1.807, 2.05) is 31.2 Å². The molecule has 0 saturated heterocycles. The Morgan fingerprint density at radius 2 is 1.72 bits per heavy atom. The van der Waals surface area contributed by atoms with Crippen molar-refractivity contribution in [1.29, 1.82) is 0 Å². The van der Waals surface area contributed by atoms with Crippen LogP contribution < -0.4 is 10.1 Å². The third-order valence-electron chi connectivity index (χ3n) is 3.36. The average molecular weight is 359 g/mol. The first-order valence-electron chi connectivity index (χ1n) is 7.90. The molecule has 2 aromatic rings. The number of rotatable bonds is 8. The third kappa shape index (κ3) is 6.15. The Bertz CT molecular complexity index is 698. The van der Waals surface area contributed by atoms with E-state index in [0.717, 1.165) is 17.0 Å². The minimum absolute atomic E-state index is 0.170. The van der Waals surface area contributed by atoms with Crippen molar-refractivity contribution in [3.05, 3.63) is 59.7 Å². The molecule has 1 amide bonds. The molecule has 5 nitrogen and oxygen atoms in total. The maximum absolute atomic E-state index is 12.2. The number of anilines is 1. The second kappa shape index (κ2) is 9.74.